The topological polar surface area (TPSA) is 82.9 Å². The molecule has 19 heavy (non-hydrogen) atoms. The fourth-order valence-electron chi connectivity index (χ4n) is 1.45. The van der Waals surface area contributed by atoms with Crippen molar-refractivity contribution in [2.75, 3.05) is 4.72 Å². The molecule has 1 heterocycles. The second-order valence-electron chi connectivity index (χ2n) is 3.88. The van der Waals surface area contributed by atoms with Gasteiger partial charge in [0, 0.05) is 5.38 Å². The van der Waals surface area contributed by atoms with Crippen LogP contribution in [-0.2, 0) is 16.4 Å². The number of anilines is 1. The Hall–Kier alpha value is -1.91. The summed E-state index contributed by atoms with van der Waals surface area (Å²) >= 11 is 1.24. The molecular formula is C12H11N3O2S2. The number of hydrogen-bond acceptors (Lipinski definition) is 5. The first-order valence-electron chi connectivity index (χ1n) is 5.42. The summed E-state index contributed by atoms with van der Waals surface area (Å²) in [7, 11) is -3.62. The third-order valence-corrected chi connectivity index (χ3v) is 4.72. The van der Waals surface area contributed by atoms with Crippen LogP contribution in [0, 0.1) is 18.3 Å². The number of aryl methyl sites for hydroxylation is 1. The Kier molecular flexibility index (Phi) is 3.83. The number of sulfonamides is 1. The molecule has 5 nitrogen and oxygen atoms in total. The van der Waals surface area contributed by atoms with E-state index in [4.69, 9.17) is 5.26 Å². The van der Waals surface area contributed by atoms with E-state index in [2.05, 4.69) is 9.71 Å². The van der Waals surface area contributed by atoms with Gasteiger partial charge in [-0.1, -0.05) is 12.1 Å². The number of nitrogens with one attached hydrogen (secondary N) is 1. The first-order chi connectivity index (χ1) is 9.01. The lowest BCUT2D eigenvalue weighted by Crippen LogP contribution is -2.12. The van der Waals surface area contributed by atoms with Crippen molar-refractivity contribution in [3.63, 3.8) is 0 Å². The Bertz CT molecular complexity index is 712. The molecule has 1 N–H and O–H groups in total. The van der Waals surface area contributed by atoms with Crippen LogP contribution in [0.15, 0.2) is 34.5 Å². The normalized spacial score (nSPS) is 10.9. The second-order valence-corrected chi connectivity index (χ2v) is 6.42. The van der Waals surface area contributed by atoms with Gasteiger partial charge in [0.2, 0.25) is 0 Å². The van der Waals surface area contributed by atoms with E-state index in [1.54, 1.807) is 24.4 Å². The lowest BCUT2D eigenvalue weighted by atomic mass is 10.2. The molecule has 0 fully saturated rings. The molecule has 0 aliphatic rings. The second kappa shape index (κ2) is 5.38. The fraction of sp³-hybridized carbons (Fsp3) is 0.167. The lowest BCUT2D eigenvalue weighted by molar-refractivity contribution is 0.601. The zero-order valence-electron chi connectivity index (χ0n) is 10.1. The van der Waals surface area contributed by atoms with Gasteiger partial charge >= 0.3 is 0 Å². The third-order valence-electron chi connectivity index (χ3n) is 2.36. The molecule has 0 bridgehead atoms. The van der Waals surface area contributed by atoms with Crippen molar-refractivity contribution in [1.82, 2.24) is 4.98 Å². The predicted octanol–water partition coefficient (Wildman–Crippen LogP) is 2.32. The van der Waals surface area contributed by atoms with E-state index in [0.29, 0.717) is 5.13 Å². The molecule has 0 spiro atoms. The molecule has 7 heteroatoms. The van der Waals surface area contributed by atoms with Gasteiger partial charge in [0.05, 0.1) is 23.1 Å². The number of nitrogens with zero attached hydrogens (tertiary/aromatic N) is 2. The van der Waals surface area contributed by atoms with Crippen LogP contribution in [0.2, 0.25) is 0 Å². The van der Waals surface area contributed by atoms with E-state index in [0.717, 1.165) is 11.3 Å². The summed E-state index contributed by atoms with van der Waals surface area (Å²) in [5.41, 5.74) is 1.55. The van der Waals surface area contributed by atoms with Gasteiger partial charge < -0.3 is 0 Å². The van der Waals surface area contributed by atoms with Crippen LogP contribution in [0.4, 0.5) is 5.13 Å². The van der Waals surface area contributed by atoms with Crippen molar-refractivity contribution in [3.05, 3.63) is 40.9 Å². The van der Waals surface area contributed by atoms with Gasteiger partial charge in [0.25, 0.3) is 10.0 Å². The highest BCUT2D eigenvalue weighted by Gasteiger charge is 2.15. The molecular weight excluding hydrogens is 282 g/mol. The smallest absolute Gasteiger partial charge is 0.255 e. The highest BCUT2D eigenvalue weighted by Crippen LogP contribution is 2.20. The van der Waals surface area contributed by atoms with Gasteiger partial charge in [-0.15, -0.1) is 11.3 Å². The van der Waals surface area contributed by atoms with E-state index >= 15 is 0 Å². The van der Waals surface area contributed by atoms with Crippen LogP contribution in [0.25, 0.3) is 0 Å². The molecule has 2 aromatic rings. The van der Waals surface area contributed by atoms with Crippen molar-refractivity contribution in [3.8, 4) is 6.07 Å². The summed E-state index contributed by atoms with van der Waals surface area (Å²) < 4.78 is 26.6. The summed E-state index contributed by atoms with van der Waals surface area (Å²) in [5, 5.41) is 10.7. The fourth-order valence-corrected chi connectivity index (χ4v) is 3.39. The monoisotopic (exact) mass is 293 g/mol. The van der Waals surface area contributed by atoms with Crippen LogP contribution < -0.4 is 4.72 Å². The van der Waals surface area contributed by atoms with Gasteiger partial charge in [-0.3, -0.25) is 4.72 Å². The average molecular weight is 293 g/mol. The zero-order valence-corrected chi connectivity index (χ0v) is 11.8. The van der Waals surface area contributed by atoms with Crippen molar-refractivity contribution >= 4 is 26.5 Å². The van der Waals surface area contributed by atoms with E-state index in [1.165, 1.54) is 23.5 Å². The van der Waals surface area contributed by atoms with Gasteiger partial charge in [-0.25, -0.2) is 13.4 Å². The molecule has 0 atom stereocenters. The first-order valence-corrected chi connectivity index (χ1v) is 7.78. The van der Waals surface area contributed by atoms with E-state index in [1.807, 2.05) is 6.07 Å². The Morgan fingerprint density at radius 2 is 2.05 bits per heavy atom. The minimum absolute atomic E-state index is 0.155. The maximum Gasteiger partial charge on any atom is 0.263 e. The largest absolute Gasteiger partial charge is 0.263 e. The first kappa shape index (κ1) is 13.5. The highest BCUT2D eigenvalue weighted by molar-refractivity contribution is 7.93. The highest BCUT2D eigenvalue weighted by atomic mass is 32.2. The lowest BCUT2D eigenvalue weighted by Gasteiger charge is -2.05. The molecule has 0 saturated carbocycles. The van der Waals surface area contributed by atoms with Crippen LogP contribution in [0.1, 0.15) is 11.3 Å². The molecule has 0 amide bonds. The molecule has 0 aliphatic carbocycles. The molecule has 1 aromatic heterocycles. The number of hydrogen-bond donors (Lipinski definition) is 1. The number of rotatable bonds is 4. The Morgan fingerprint density at radius 1 is 1.37 bits per heavy atom. The standard InChI is InChI=1S/C12H11N3O2S2/c1-9-8-18-12(14-9)15-19(16,17)11-4-2-10(3-5-11)6-7-13/h2-5,8H,6H2,1H3,(H,14,15). The van der Waals surface area contributed by atoms with Crippen LogP contribution in [-0.4, -0.2) is 13.4 Å². The third kappa shape index (κ3) is 3.30. The van der Waals surface area contributed by atoms with Gasteiger partial charge in [0.15, 0.2) is 5.13 Å². The summed E-state index contributed by atoms with van der Waals surface area (Å²) in [6, 6.07) is 8.23. The van der Waals surface area contributed by atoms with Crippen molar-refractivity contribution in [2.24, 2.45) is 0 Å². The molecule has 0 radical (unpaired) electrons. The van der Waals surface area contributed by atoms with Gasteiger partial charge in [-0.05, 0) is 24.6 Å². The molecule has 0 aliphatic heterocycles. The maximum atomic E-state index is 12.1. The van der Waals surface area contributed by atoms with Gasteiger partial charge in [0.1, 0.15) is 0 Å². The van der Waals surface area contributed by atoms with Crippen molar-refractivity contribution in [1.29, 1.82) is 5.26 Å². The zero-order chi connectivity index (χ0) is 13.9. The molecule has 0 saturated heterocycles. The SMILES string of the molecule is Cc1csc(NS(=O)(=O)c2ccc(CC#N)cc2)n1. The number of benzene rings is 1. The van der Waals surface area contributed by atoms with Crippen LogP contribution in [0.5, 0.6) is 0 Å². The summed E-state index contributed by atoms with van der Waals surface area (Å²) in [6.45, 7) is 1.80. The summed E-state index contributed by atoms with van der Waals surface area (Å²) in [5.74, 6) is 0. The number of aromatic nitrogens is 1. The molecule has 2 rings (SSSR count). The predicted molar refractivity (Wildman–Crippen MR) is 73.4 cm³/mol. The summed E-state index contributed by atoms with van der Waals surface area (Å²) in [4.78, 5) is 4.21. The van der Waals surface area contributed by atoms with Crippen molar-refractivity contribution < 1.29 is 8.42 Å². The summed E-state index contributed by atoms with van der Waals surface area (Å²) in [6.07, 6.45) is 0.263. The Morgan fingerprint density at radius 3 is 2.58 bits per heavy atom. The average Bonchev–Trinajstić information content (AvgIpc) is 2.75. The Labute approximate surface area is 115 Å². The maximum absolute atomic E-state index is 12.1. The minimum Gasteiger partial charge on any atom is -0.255 e. The number of thiazole rings is 1. The van der Waals surface area contributed by atoms with Crippen LogP contribution >= 0.6 is 11.3 Å². The molecule has 0 unspecified atom stereocenters. The quantitative estimate of drug-likeness (QED) is 0.937. The molecule has 98 valence electrons. The van der Waals surface area contributed by atoms with E-state index in [-0.39, 0.29) is 11.3 Å². The van der Waals surface area contributed by atoms with Gasteiger partial charge in [-0.2, -0.15) is 5.26 Å². The van der Waals surface area contributed by atoms with Crippen molar-refractivity contribution in [2.45, 2.75) is 18.2 Å². The molecule has 1 aromatic carbocycles. The van der Waals surface area contributed by atoms with E-state index in [9.17, 15) is 8.42 Å². The number of nitriles is 1. The van der Waals surface area contributed by atoms with Crippen LogP contribution in [0.3, 0.4) is 0 Å². The minimum atomic E-state index is -3.62. The van der Waals surface area contributed by atoms with E-state index < -0.39 is 10.0 Å². The Balaban J connectivity index is 2.22.